The molecule has 3 nitrogen and oxygen atoms in total. The minimum Gasteiger partial charge on any atom is -0.394 e. The van der Waals surface area contributed by atoms with Crippen LogP contribution in [0.2, 0.25) is 0 Å². The summed E-state index contributed by atoms with van der Waals surface area (Å²) in [6, 6.07) is 9.53. The fraction of sp³-hybridized carbons (Fsp3) is 0.417. The van der Waals surface area contributed by atoms with Gasteiger partial charge in [-0.2, -0.15) is 0 Å². The van der Waals surface area contributed by atoms with E-state index in [0.29, 0.717) is 6.42 Å². The third-order valence-corrected chi connectivity index (χ3v) is 2.84. The maximum absolute atomic E-state index is 11.6. The number of likely N-dealkylation sites (tertiary alicyclic amines) is 1. The van der Waals surface area contributed by atoms with Gasteiger partial charge in [-0.05, 0) is 12.0 Å². The summed E-state index contributed by atoms with van der Waals surface area (Å²) < 4.78 is 0. The predicted octanol–water partition coefficient (Wildman–Crippen LogP) is 1.34. The van der Waals surface area contributed by atoms with Gasteiger partial charge < -0.3 is 10.0 Å². The Morgan fingerprint density at radius 3 is 2.60 bits per heavy atom. The molecule has 0 aliphatic carbocycles. The Morgan fingerprint density at radius 1 is 1.33 bits per heavy atom. The second-order valence-electron chi connectivity index (χ2n) is 3.80. The summed E-state index contributed by atoms with van der Waals surface area (Å²) in [5, 5.41) is 9.36. The number of amides is 1. The maximum Gasteiger partial charge on any atom is 0.223 e. The molecule has 1 aromatic carbocycles. The first-order valence-corrected chi connectivity index (χ1v) is 5.28. The lowest BCUT2D eigenvalue weighted by Crippen LogP contribution is -2.31. The van der Waals surface area contributed by atoms with E-state index in [1.807, 2.05) is 30.3 Å². The average Bonchev–Trinajstić information content (AvgIpc) is 2.68. The number of aliphatic hydroxyl groups excluding tert-OH is 1. The Kier molecular flexibility index (Phi) is 3.02. The van der Waals surface area contributed by atoms with Gasteiger partial charge in [0.25, 0.3) is 0 Å². The fourth-order valence-corrected chi connectivity index (χ4v) is 2.06. The smallest absolute Gasteiger partial charge is 0.223 e. The van der Waals surface area contributed by atoms with E-state index in [9.17, 15) is 9.90 Å². The summed E-state index contributed by atoms with van der Waals surface area (Å²) in [6.45, 7) is 0.759. The second kappa shape index (κ2) is 4.45. The number of carbonyl (C=O) groups excluding carboxylic acids is 1. The highest BCUT2D eigenvalue weighted by Gasteiger charge is 2.28. The van der Waals surface area contributed by atoms with Gasteiger partial charge in [0.1, 0.15) is 0 Å². The highest BCUT2D eigenvalue weighted by Crippen LogP contribution is 2.25. The van der Waals surface area contributed by atoms with Crippen LogP contribution in [-0.2, 0) is 4.79 Å². The molecule has 1 aliphatic heterocycles. The molecule has 0 aromatic heterocycles. The second-order valence-corrected chi connectivity index (χ2v) is 3.80. The first-order valence-electron chi connectivity index (χ1n) is 5.28. The third kappa shape index (κ3) is 2.02. The number of hydrogen-bond acceptors (Lipinski definition) is 2. The molecule has 0 radical (unpaired) electrons. The van der Waals surface area contributed by atoms with Crippen molar-refractivity contribution < 1.29 is 9.90 Å². The molecule has 0 saturated carbocycles. The topological polar surface area (TPSA) is 40.5 Å². The van der Waals surface area contributed by atoms with Crippen LogP contribution in [0.15, 0.2) is 30.3 Å². The van der Waals surface area contributed by atoms with Gasteiger partial charge in [0, 0.05) is 13.0 Å². The zero-order chi connectivity index (χ0) is 10.7. The van der Waals surface area contributed by atoms with E-state index < -0.39 is 0 Å². The van der Waals surface area contributed by atoms with Gasteiger partial charge in [-0.25, -0.2) is 0 Å². The molecule has 1 fully saturated rings. The summed E-state index contributed by atoms with van der Waals surface area (Å²) in [6.07, 6.45) is 1.52. The quantitative estimate of drug-likeness (QED) is 0.809. The molecule has 3 heteroatoms. The van der Waals surface area contributed by atoms with Gasteiger partial charge in [0.15, 0.2) is 0 Å². The molecule has 1 heterocycles. The highest BCUT2D eigenvalue weighted by atomic mass is 16.3. The molecule has 1 aliphatic rings. The first-order chi connectivity index (χ1) is 7.33. The van der Waals surface area contributed by atoms with Crippen molar-refractivity contribution in [3.05, 3.63) is 35.9 Å². The number of carbonyl (C=O) groups is 1. The summed E-state index contributed by atoms with van der Waals surface area (Å²) in [5.41, 5.74) is 1.01. The minimum absolute atomic E-state index is 0.00421. The van der Waals surface area contributed by atoms with Crippen LogP contribution >= 0.6 is 0 Å². The zero-order valence-corrected chi connectivity index (χ0v) is 8.60. The predicted molar refractivity (Wildman–Crippen MR) is 57.2 cm³/mol. The van der Waals surface area contributed by atoms with Crippen LogP contribution in [0, 0.1) is 0 Å². The summed E-state index contributed by atoms with van der Waals surface area (Å²) in [4.78, 5) is 13.3. The van der Waals surface area contributed by atoms with Crippen LogP contribution < -0.4 is 0 Å². The van der Waals surface area contributed by atoms with Crippen LogP contribution in [0.25, 0.3) is 0 Å². The highest BCUT2D eigenvalue weighted by molar-refractivity contribution is 5.78. The van der Waals surface area contributed by atoms with Crippen molar-refractivity contribution in [2.24, 2.45) is 0 Å². The largest absolute Gasteiger partial charge is 0.394 e. The van der Waals surface area contributed by atoms with Crippen LogP contribution in [0.4, 0.5) is 0 Å². The lowest BCUT2D eigenvalue weighted by Gasteiger charge is -2.26. The van der Waals surface area contributed by atoms with Gasteiger partial charge in [-0.1, -0.05) is 30.3 Å². The number of aliphatic hydroxyl groups is 1. The van der Waals surface area contributed by atoms with Crippen LogP contribution in [0.5, 0.6) is 0 Å². The molecule has 0 unspecified atom stereocenters. The van der Waals surface area contributed by atoms with Crippen molar-refractivity contribution in [3.8, 4) is 0 Å². The molecule has 15 heavy (non-hydrogen) atoms. The number of nitrogens with zero attached hydrogens (tertiary/aromatic N) is 1. The number of benzene rings is 1. The van der Waals surface area contributed by atoms with Gasteiger partial charge >= 0.3 is 0 Å². The van der Waals surface area contributed by atoms with Gasteiger partial charge in [0.05, 0.1) is 12.6 Å². The molecule has 2 rings (SSSR count). The van der Waals surface area contributed by atoms with Crippen molar-refractivity contribution in [3.63, 3.8) is 0 Å². The molecule has 1 aromatic rings. The van der Waals surface area contributed by atoms with E-state index in [2.05, 4.69) is 0 Å². The molecule has 80 valence electrons. The van der Waals surface area contributed by atoms with Gasteiger partial charge in [-0.3, -0.25) is 4.79 Å². The van der Waals surface area contributed by atoms with E-state index in [4.69, 9.17) is 0 Å². The van der Waals surface area contributed by atoms with E-state index in [1.165, 1.54) is 0 Å². The molecule has 1 atom stereocenters. The fourth-order valence-electron chi connectivity index (χ4n) is 2.06. The van der Waals surface area contributed by atoms with Crippen LogP contribution in [0.1, 0.15) is 24.4 Å². The van der Waals surface area contributed by atoms with Crippen molar-refractivity contribution in [2.75, 3.05) is 13.2 Å². The Labute approximate surface area is 89.3 Å². The maximum atomic E-state index is 11.6. The van der Waals surface area contributed by atoms with Crippen molar-refractivity contribution in [2.45, 2.75) is 18.9 Å². The van der Waals surface area contributed by atoms with Crippen molar-refractivity contribution >= 4 is 5.91 Å². The van der Waals surface area contributed by atoms with Gasteiger partial charge in [0.2, 0.25) is 5.91 Å². The summed E-state index contributed by atoms with van der Waals surface area (Å²) in [5.74, 6) is 0.151. The SMILES string of the molecule is O=C1CCCN1[C@@H](CO)c1ccccc1. The Hall–Kier alpha value is -1.35. The minimum atomic E-state index is -0.166. The lowest BCUT2D eigenvalue weighted by molar-refractivity contribution is -0.130. The van der Waals surface area contributed by atoms with E-state index in [-0.39, 0.29) is 18.6 Å². The molecule has 0 bridgehead atoms. The molecule has 1 amide bonds. The summed E-state index contributed by atoms with van der Waals surface area (Å²) in [7, 11) is 0. The molecule has 1 saturated heterocycles. The van der Waals surface area contributed by atoms with E-state index >= 15 is 0 Å². The van der Waals surface area contributed by atoms with Crippen molar-refractivity contribution in [1.29, 1.82) is 0 Å². The lowest BCUT2D eigenvalue weighted by atomic mass is 10.1. The molecule has 1 N–H and O–H groups in total. The van der Waals surface area contributed by atoms with Crippen LogP contribution in [-0.4, -0.2) is 29.1 Å². The third-order valence-electron chi connectivity index (χ3n) is 2.84. The standard InChI is InChI=1S/C12H15NO2/c14-9-11(10-5-2-1-3-6-10)13-8-4-7-12(13)15/h1-3,5-6,11,14H,4,7-9H2/t11-/m0/s1. The van der Waals surface area contributed by atoms with Gasteiger partial charge in [-0.15, -0.1) is 0 Å². The van der Waals surface area contributed by atoms with E-state index in [1.54, 1.807) is 4.90 Å². The monoisotopic (exact) mass is 205 g/mol. The van der Waals surface area contributed by atoms with Crippen LogP contribution in [0.3, 0.4) is 0 Å². The average molecular weight is 205 g/mol. The van der Waals surface area contributed by atoms with E-state index in [0.717, 1.165) is 18.5 Å². The first kappa shape index (κ1) is 10.2. The molecular formula is C12H15NO2. The Morgan fingerprint density at radius 2 is 2.07 bits per heavy atom. The number of hydrogen-bond donors (Lipinski definition) is 1. The Balaban J connectivity index is 2.20. The Bertz CT molecular complexity index is 337. The molecular weight excluding hydrogens is 190 g/mol. The summed E-state index contributed by atoms with van der Waals surface area (Å²) >= 11 is 0. The zero-order valence-electron chi connectivity index (χ0n) is 8.60. The molecule has 0 spiro atoms. The normalized spacial score (nSPS) is 18.2. The van der Waals surface area contributed by atoms with Crippen molar-refractivity contribution in [1.82, 2.24) is 4.90 Å². The number of rotatable bonds is 3.